The molecule has 2 heterocycles. The maximum absolute atomic E-state index is 11.5. The summed E-state index contributed by atoms with van der Waals surface area (Å²) in [6.45, 7) is 5.00. The number of aromatic nitrogens is 1. The zero-order valence-corrected chi connectivity index (χ0v) is 11.5. The molecule has 6 heteroatoms. The lowest BCUT2D eigenvalue weighted by Gasteiger charge is -2.27. The van der Waals surface area contributed by atoms with Gasteiger partial charge in [-0.05, 0) is 26.7 Å². The normalized spacial score (nSPS) is 23.7. The topological polar surface area (TPSA) is 60.5 Å². The van der Waals surface area contributed by atoms with Crippen LogP contribution in [0.3, 0.4) is 0 Å². The van der Waals surface area contributed by atoms with Crippen LogP contribution in [0.15, 0.2) is 5.38 Å². The van der Waals surface area contributed by atoms with Crippen LogP contribution >= 0.6 is 11.3 Å². The molecule has 2 unspecified atom stereocenters. The van der Waals surface area contributed by atoms with Crippen molar-refractivity contribution < 1.29 is 14.3 Å². The minimum atomic E-state index is -0.359. The zero-order chi connectivity index (χ0) is 13.0. The minimum absolute atomic E-state index is 0.278. The number of rotatable bonds is 4. The van der Waals surface area contributed by atoms with Crippen LogP contribution in [0, 0.1) is 0 Å². The molecule has 1 fully saturated rings. The SMILES string of the molecule is CCOC(=O)c1csc(NC2CCOC(C)C2)n1. The van der Waals surface area contributed by atoms with E-state index in [1.165, 1.54) is 11.3 Å². The van der Waals surface area contributed by atoms with Crippen LogP contribution in [0.25, 0.3) is 0 Å². The van der Waals surface area contributed by atoms with Crippen molar-refractivity contribution >= 4 is 22.4 Å². The number of hydrogen-bond donors (Lipinski definition) is 1. The van der Waals surface area contributed by atoms with Crippen LogP contribution in [0.2, 0.25) is 0 Å². The summed E-state index contributed by atoms with van der Waals surface area (Å²) < 4.78 is 10.4. The molecule has 0 spiro atoms. The van der Waals surface area contributed by atoms with Gasteiger partial charge in [0.15, 0.2) is 10.8 Å². The second-order valence-corrected chi connectivity index (χ2v) is 5.16. The zero-order valence-electron chi connectivity index (χ0n) is 10.6. The second-order valence-electron chi connectivity index (χ2n) is 4.31. The van der Waals surface area contributed by atoms with Crippen LogP contribution in [-0.2, 0) is 9.47 Å². The van der Waals surface area contributed by atoms with Crippen molar-refractivity contribution in [2.75, 3.05) is 18.5 Å². The highest BCUT2D eigenvalue weighted by atomic mass is 32.1. The summed E-state index contributed by atoms with van der Waals surface area (Å²) >= 11 is 1.43. The lowest BCUT2D eigenvalue weighted by atomic mass is 10.1. The maximum atomic E-state index is 11.5. The molecular formula is C12H18N2O3S. The Morgan fingerprint density at radius 1 is 1.72 bits per heavy atom. The Labute approximate surface area is 111 Å². The van der Waals surface area contributed by atoms with Crippen molar-refractivity contribution in [3.05, 3.63) is 11.1 Å². The predicted molar refractivity (Wildman–Crippen MR) is 70.1 cm³/mol. The number of nitrogens with zero attached hydrogens (tertiary/aromatic N) is 1. The van der Waals surface area contributed by atoms with Gasteiger partial charge in [-0.3, -0.25) is 0 Å². The number of esters is 1. The number of hydrogen-bond acceptors (Lipinski definition) is 6. The third-order valence-corrected chi connectivity index (χ3v) is 3.57. The van der Waals surface area contributed by atoms with Crippen molar-refractivity contribution in [3.63, 3.8) is 0 Å². The number of carbonyl (C=O) groups excluding carboxylic acids is 1. The molecule has 0 amide bonds. The van der Waals surface area contributed by atoms with Crippen molar-refractivity contribution in [1.82, 2.24) is 4.98 Å². The van der Waals surface area contributed by atoms with Gasteiger partial charge < -0.3 is 14.8 Å². The second kappa shape index (κ2) is 6.15. The molecule has 2 atom stereocenters. The number of ether oxygens (including phenoxy) is 2. The fraction of sp³-hybridized carbons (Fsp3) is 0.667. The Morgan fingerprint density at radius 2 is 2.56 bits per heavy atom. The summed E-state index contributed by atoms with van der Waals surface area (Å²) in [7, 11) is 0. The summed E-state index contributed by atoms with van der Waals surface area (Å²) in [4.78, 5) is 15.7. The molecule has 0 aliphatic carbocycles. The Hall–Kier alpha value is -1.14. The highest BCUT2D eigenvalue weighted by Crippen LogP contribution is 2.22. The van der Waals surface area contributed by atoms with Crippen LogP contribution in [0.1, 0.15) is 37.2 Å². The van der Waals surface area contributed by atoms with E-state index in [0.717, 1.165) is 24.6 Å². The van der Waals surface area contributed by atoms with Gasteiger partial charge in [-0.15, -0.1) is 11.3 Å². The molecule has 2 rings (SSSR count). The molecule has 1 aliphatic rings. The maximum Gasteiger partial charge on any atom is 0.357 e. The summed E-state index contributed by atoms with van der Waals surface area (Å²) in [5, 5.41) is 5.85. The first-order valence-electron chi connectivity index (χ1n) is 6.19. The number of anilines is 1. The van der Waals surface area contributed by atoms with Crippen molar-refractivity contribution in [2.45, 2.75) is 38.8 Å². The quantitative estimate of drug-likeness (QED) is 0.851. The van der Waals surface area contributed by atoms with Gasteiger partial charge in [-0.25, -0.2) is 9.78 Å². The molecule has 1 saturated heterocycles. The third-order valence-electron chi connectivity index (χ3n) is 2.80. The molecule has 1 aromatic rings. The van der Waals surface area contributed by atoms with E-state index in [-0.39, 0.29) is 12.1 Å². The van der Waals surface area contributed by atoms with E-state index in [9.17, 15) is 4.79 Å². The summed E-state index contributed by atoms with van der Waals surface area (Å²) in [6, 6.07) is 0.370. The first-order valence-corrected chi connectivity index (χ1v) is 7.07. The highest BCUT2D eigenvalue weighted by molar-refractivity contribution is 7.13. The Kier molecular flexibility index (Phi) is 4.54. The van der Waals surface area contributed by atoms with Gasteiger partial charge in [0.05, 0.1) is 12.7 Å². The van der Waals surface area contributed by atoms with Gasteiger partial charge >= 0.3 is 5.97 Å². The van der Waals surface area contributed by atoms with Crippen molar-refractivity contribution in [3.8, 4) is 0 Å². The fourth-order valence-electron chi connectivity index (χ4n) is 1.94. The predicted octanol–water partition coefficient (Wildman–Crippen LogP) is 2.30. The fourth-order valence-corrected chi connectivity index (χ4v) is 2.70. The third kappa shape index (κ3) is 3.43. The van der Waals surface area contributed by atoms with Crippen LogP contribution in [-0.4, -0.2) is 36.3 Å². The molecular weight excluding hydrogens is 252 g/mol. The van der Waals surface area contributed by atoms with Gasteiger partial charge in [0, 0.05) is 18.0 Å². The van der Waals surface area contributed by atoms with Gasteiger partial charge in [0.2, 0.25) is 0 Å². The molecule has 100 valence electrons. The van der Waals surface area contributed by atoms with Gasteiger partial charge in [0.25, 0.3) is 0 Å². The molecule has 0 bridgehead atoms. The van der Waals surface area contributed by atoms with E-state index in [4.69, 9.17) is 9.47 Å². The summed E-state index contributed by atoms with van der Waals surface area (Å²) in [5.74, 6) is -0.359. The van der Waals surface area contributed by atoms with Crippen molar-refractivity contribution in [2.24, 2.45) is 0 Å². The van der Waals surface area contributed by atoms with E-state index in [1.807, 2.05) is 0 Å². The molecule has 18 heavy (non-hydrogen) atoms. The van der Waals surface area contributed by atoms with Gasteiger partial charge in [-0.1, -0.05) is 0 Å². The first-order chi connectivity index (χ1) is 8.69. The van der Waals surface area contributed by atoms with Gasteiger partial charge in [0.1, 0.15) is 0 Å². The van der Waals surface area contributed by atoms with Crippen LogP contribution in [0.5, 0.6) is 0 Å². The number of carbonyl (C=O) groups is 1. The Bertz CT molecular complexity index is 408. The van der Waals surface area contributed by atoms with E-state index >= 15 is 0 Å². The van der Waals surface area contributed by atoms with Gasteiger partial charge in [-0.2, -0.15) is 0 Å². The smallest absolute Gasteiger partial charge is 0.357 e. The molecule has 0 aromatic carbocycles. The first kappa shape index (κ1) is 13.3. The molecule has 1 aromatic heterocycles. The van der Waals surface area contributed by atoms with E-state index in [2.05, 4.69) is 17.2 Å². The average molecular weight is 270 g/mol. The highest BCUT2D eigenvalue weighted by Gasteiger charge is 2.20. The van der Waals surface area contributed by atoms with E-state index in [0.29, 0.717) is 18.3 Å². The molecule has 0 radical (unpaired) electrons. The molecule has 5 nitrogen and oxygen atoms in total. The standard InChI is InChI=1S/C12H18N2O3S/c1-3-16-11(15)10-7-18-12(14-10)13-9-4-5-17-8(2)6-9/h7-9H,3-6H2,1-2H3,(H,13,14). The summed E-state index contributed by atoms with van der Waals surface area (Å²) in [6.07, 6.45) is 2.22. The average Bonchev–Trinajstić information content (AvgIpc) is 2.78. The Morgan fingerprint density at radius 3 is 3.28 bits per heavy atom. The molecule has 1 N–H and O–H groups in total. The largest absolute Gasteiger partial charge is 0.461 e. The van der Waals surface area contributed by atoms with Crippen LogP contribution < -0.4 is 5.32 Å². The summed E-state index contributed by atoms with van der Waals surface area (Å²) in [5.41, 5.74) is 0.379. The van der Waals surface area contributed by atoms with Crippen LogP contribution in [0.4, 0.5) is 5.13 Å². The lowest BCUT2D eigenvalue weighted by Crippen LogP contribution is -2.32. The number of thiazole rings is 1. The molecule has 1 aliphatic heterocycles. The van der Waals surface area contributed by atoms with E-state index < -0.39 is 0 Å². The Balaban J connectivity index is 1.91. The molecule has 0 saturated carbocycles. The van der Waals surface area contributed by atoms with E-state index in [1.54, 1.807) is 12.3 Å². The monoisotopic (exact) mass is 270 g/mol. The lowest BCUT2D eigenvalue weighted by molar-refractivity contribution is 0.0232. The minimum Gasteiger partial charge on any atom is -0.461 e. The number of nitrogens with one attached hydrogen (secondary N) is 1. The van der Waals surface area contributed by atoms with Crippen molar-refractivity contribution in [1.29, 1.82) is 0 Å².